The molecule has 0 spiro atoms. The third-order valence-electron chi connectivity index (χ3n) is 4.91. The molecule has 0 aliphatic heterocycles. The van der Waals surface area contributed by atoms with Crippen LogP contribution in [0, 0.1) is 5.41 Å². The second-order valence-corrected chi connectivity index (χ2v) is 7.70. The fourth-order valence-corrected chi connectivity index (χ4v) is 3.99. The first-order chi connectivity index (χ1) is 9.16. The lowest BCUT2D eigenvalue weighted by Gasteiger charge is -2.23. The van der Waals surface area contributed by atoms with Crippen LogP contribution in [0.1, 0.15) is 104 Å². The molecule has 1 saturated carbocycles. The zero-order chi connectivity index (χ0) is 14.0. The van der Waals surface area contributed by atoms with E-state index in [-0.39, 0.29) is 0 Å². The van der Waals surface area contributed by atoms with Gasteiger partial charge in [-0.3, -0.25) is 0 Å². The molecule has 0 nitrogen and oxygen atoms in total. The summed E-state index contributed by atoms with van der Waals surface area (Å²) < 4.78 is 0. The number of alkyl halides is 1. The van der Waals surface area contributed by atoms with Crippen LogP contribution in [0.2, 0.25) is 0 Å². The number of hydrogen-bond acceptors (Lipinski definition) is 0. The average Bonchev–Trinajstić information content (AvgIpc) is 2.72. The van der Waals surface area contributed by atoms with Crippen LogP contribution in [0.25, 0.3) is 0 Å². The molecule has 0 bridgehead atoms. The lowest BCUT2D eigenvalue weighted by molar-refractivity contribution is 0.294. The number of hydrogen-bond donors (Lipinski definition) is 0. The number of rotatable bonds is 11. The van der Waals surface area contributed by atoms with Gasteiger partial charge in [-0.05, 0) is 31.1 Å². The van der Waals surface area contributed by atoms with Crippen LogP contribution >= 0.6 is 11.6 Å². The molecular formula is C18H35Cl. The Morgan fingerprint density at radius 1 is 0.895 bits per heavy atom. The van der Waals surface area contributed by atoms with E-state index in [2.05, 4.69) is 13.8 Å². The first kappa shape index (κ1) is 17.3. The highest BCUT2D eigenvalue weighted by molar-refractivity contribution is 6.20. The molecule has 1 rings (SSSR count). The smallest absolute Gasteiger partial charge is 0.0341 e. The molecule has 0 saturated heterocycles. The Labute approximate surface area is 126 Å². The summed E-state index contributed by atoms with van der Waals surface area (Å²) in [7, 11) is 0. The van der Waals surface area contributed by atoms with E-state index in [1.165, 1.54) is 89.9 Å². The van der Waals surface area contributed by atoms with Crippen molar-refractivity contribution < 1.29 is 0 Å². The molecule has 0 aromatic heterocycles. The number of halogens is 1. The monoisotopic (exact) mass is 286 g/mol. The fourth-order valence-electron chi connectivity index (χ4n) is 3.51. The van der Waals surface area contributed by atoms with Crippen LogP contribution in [0.5, 0.6) is 0 Å². The van der Waals surface area contributed by atoms with Gasteiger partial charge >= 0.3 is 0 Å². The van der Waals surface area contributed by atoms with Crippen molar-refractivity contribution in [3.8, 4) is 0 Å². The van der Waals surface area contributed by atoms with Crippen molar-refractivity contribution in [2.75, 3.05) is 0 Å². The first-order valence-electron chi connectivity index (χ1n) is 8.80. The topological polar surface area (TPSA) is 0 Å². The minimum atomic E-state index is 0.466. The molecule has 0 heterocycles. The second-order valence-electron chi connectivity index (χ2n) is 7.08. The molecule has 0 N–H and O–H groups in total. The minimum Gasteiger partial charge on any atom is -0.123 e. The van der Waals surface area contributed by atoms with Gasteiger partial charge in [0.15, 0.2) is 0 Å². The van der Waals surface area contributed by atoms with Gasteiger partial charge in [-0.15, -0.1) is 11.6 Å². The molecule has 114 valence electrons. The third kappa shape index (κ3) is 8.23. The molecule has 0 aromatic carbocycles. The average molecular weight is 287 g/mol. The second kappa shape index (κ2) is 10.1. The van der Waals surface area contributed by atoms with Crippen LogP contribution in [-0.4, -0.2) is 5.38 Å². The largest absolute Gasteiger partial charge is 0.123 e. The lowest BCUT2D eigenvalue weighted by atomic mass is 9.83. The molecular weight excluding hydrogens is 252 g/mol. The zero-order valence-corrected chi connectivity index (χ0v) is 14.1. The van der Waals surface area contributed by atoms with E-state index >= 15 is 0 Å². The van der Waals surface area contributed by atoms with Crippen LogP contribution < -0.4 is 0 Å². The summed E-state index contributed by atoms with van der Waals surface area (Å²) in [4.78, 5) is 0. The molecule has 0 radical (unpaired) electrons. The Hall–Kier alpha value is 0.290. The highest BCUT2D eigenvalue weighted by atomic mass is 35.5. The van der Waals surface area contributed by atoms with Gasteiger partial charge in [0, 0.05) is 5.38 Å². The van der Waals surface area contributed by atoms with Gasteiger partial charge in [0.2, 0.25) is 0 Å². The highest BCUT2D eigenvalue weighted by Crippen LogP contribution is 2.44. The van der Waals surface area contributed by atoms with Crippen molar-refractivity contribution in [1.29, 1.82) is 0 Å². The van der Waals surface area contributed by atoms with Gasteiger partial charge in [-0.25, -0.2) is 0 Å². The molecule has 0 amide bonds. The van der Waals surface area contributed by atoms with E-state index in [0.717, 1.165) is 0 Å². The quantitative estimate of drug-likeness (QED) is 0.281. The Morgan fingerprint density at radius 3 is 1.89 bits per heavy atom. The van der Waals surface area contributed by atoms with Crippen molar-refractivity contribution >= 4 is 11.6 Å². The molecule has 0 aromatic rings. The van der Waals surface area contributed by atoms with Crippen molar-refractivity contribution in [1.82, 2.24) is 0 Å². The van der Waals surface area contributed by atoms with Gasteiger partial charge in [0.25, 0.3) is 0 Å². The Kier molecular flexibility index (Phi) is 9.20. The van der Waals surface area contributed by atoms with Crippen LogP contribution in [-0.2, 0) is 0 Å². The molecule has 1 fully saturated rings. The maximum atomic E-state index is 6.23. The van der Waals surface area contributed by atoms with E-state index in [4.69, 9.17) is 11.6 Å². The molecule has 19 heavy (non-hydrogen) atoms. The molecule has 2 unspecified atom stereocenters. The van der Waals surface area contributed by atoms with Crippen molar-refractivity contribution in [3.63, 3.8) is 0 Å². The van der Waals surface area contributed by atoms with E-state index < -0.39 is 0 Å². The molecule has 2 atom stereocenters. The van der Waals surface area contributed by atoms with E-state index in [9.17, 15) is 0 Å². The molecule has 1 heteroatoms. The molecule has 1 aliphatic carbocycles. The van der Waals surface area contributed by atoms with E-state index in [0.29, 0.717) is 10.8 Å². The summed E-state index contributed by atoms with van der Waals surface area (Å²) >= 11 is 6.23. The highest BCUT2D eigenvalue weighted by Gasteiger charge is 2.33. The fraction of sp³-hybridized carbons (Fsp3) is 1.00. The van der Waals surface area contributed by atoms with Gasteiger partial charge < -0.3 is 0 Å². The SMILES string of the molecule is CCCCCCCCCCCCC1(C)CCC(Cl)C1. The van der Waals surface area contributed by atoms with Crippen LogP contribution in [0.4, 0.5) is 0 Å². The Balaban J connectivity index is 1.84. The van der Waals surface area contributed by atoms with Crippen LogP contribution in [0.3, 0.4) is 0 Å². The summed E-state index contributed by atoms with van der Waals surface area (Å²) in [5, 5.41) is 0.466. The Morgan fingerprint density at radius 2 is 1.42 bits per heavy atom. The Bertz CT molecular complexity index is 214. The van der Waals surface area contributed by atoms with Gasteiger partial charge in [0.1, 0.15) is 0 Å². The summed E-state index contributed by atoms with van der Waals surface area (Å²) in [6.07, 6.45) is 19.7. The third-order valence-corrected chi connectivity index (χ3v) is 5.28. The molecule has 1 aliphatic rings. The minimum absolute atomic E-state index is 0.466. The lowest BCUT2D eigenvalue weighted by Crippen LogP contribution is -2.11. The number of unbranched alkanes of at least 4 members (excludes halogenated alkanes) is 9. The van der Waals surface area contributed by atoms with Gasteiger partial charge in [-0.2, -0.15) is 0 Å². The normalized spacial score (nSPS) is 27.0. The van der Waals surface area contributed by atoms with Gasteiger partial charge in [-0.1, -0.05) is 78.1 Å². The van der Waals surface area contributed by atoms with E-state index in [1.54, 1.807) is 0 Å². The van der Waals surface area contributed by atoms with Gasteiger partial charge in [0.05, 0.1) is 0 Å². The predicted octanol–water partition coefficient (Wildman–Crippen LogP) is 7.10. The summed E-state index contributed by atoms with van der Waals surface area (Å²) in [5.74, 6) is 0. The van der Waals surface area contributed by atoms with Crippen LogP contribution in [0.15, 0.2) is 0 Å². The van der Waals surface area contributed by atoms with Crippen molar-refractivity contribution in [2.45, 2.75) is 109 Å². The van der Waals surface area contributed by atoms with Crippen molar-refractivity contribution in [3.05, 3.63) is 0 Å². The summed E-state index contributed by atoms with van der Waals surface area (Å²) in [5.41, 5.74) is 0.576. The van der Waals surface area contributed by atoms with Crippen molar-refractivity contribution in [2.24, 2.45) is 5.41 Å². The maximum Gasteiger partial charge on any atom is 0.0341 e. The first-order valence-corrected chi connectivity index (χ1v) is 9.24. The standard InChI is InChI=1S/C18H35Cl/c1-3-4-5-6-7-8-9-10-11-12-14-18(2)15-13-17(19)16-18/h17H,3-16H2,1-2H3. The summed E-state index contributed by atoms with van der Waals surface area (Å²) in [6.45, 7) is 4.74. The predicted molar refractivity (Wildman–Crippen MR) is 88.1 cm³/mol. The van der Waals surface area contributed by atoms with E-state index in [1.807, 2.05) is 0 Å². The zero-order valence-electron chi connectivity index (χ0n) is 13.4. The maximum absolute atomic E-state index is 6.23. The summed E-state index contributed by atoms with van der Waals surface area (Å²) in [6, 6.07) is 0.